The summed E-state index contributed by atoms with van der Waals surface area (Å²) >= 11 is 0. The van der Waals surface area contributed by atoms with Crippen LogP contribution < -0.4 is 0 Å². The van der Waals surface area contributed by atoms with Gasteiger partial charge in [0.05, 0.1) is 19.0 Å². The van der Waals surface area contributed by atoms with Crippen molar-refractivity contribution in [2.24, 2.45) is 5.92 Å². The monoisotopic (exact) mass is 341 g/mol. The van der Waals surface area contributed by atoms with Gasteiger partial charge in [0.2, 0.25) is 0 Å². The van der Waals surface area contributed by atoms with Crippen LogP contribution in [0.25, 0.3) is 0 Å². The van der Waals surface area contributed by atoms with Gasteiger partial charge in [-0.15, -0.1) is 0 Å². The van der Waals surface area contributed by atoms with Crippen LogP contribution in [0.5, 0.6) is 0 Å². The number of cyclic esters (lactones) is 1. The first-order valence-corrected chi connectivity index (χ1v) is 8.10. The molecule has 0 aliphatic carbocycles. The van der Waals surface area contributed by atoms with E-state index in [0.29, 0.717) is 18.5 Å². The molecule has 2 fully saturated rings. The lowest BCUT2D eigenvalue weighted by molar-refractivity contribution is -0.877. The number of hydrogen-bond donors (Lipinski definition) is 2. The molecular weight excluding hydrogens is 318 g/mol. The Labute approximate surface area is 139 Å². The van der Waals surface area contributed by atoms with E-state index in [-0.39, 0.29) is 13.2 Å². The Balaban J connectivity index is 1.99. The Bertz CT molecular complexity index is 612. The fraction of sp³-hybridized carbons (Fsp3) is 0.750. The van der Waals surface area contributed by atoms with E-state index in [1.807, 2.05) is 0 Å². The van der Waals surface area contributed by atoms with Gasteiger partial charge in [0.1, 0.15) is 12.2 Å². The van der Waals surface area contributed by atoms with Crippen LogP contribution >= 0.6 is 0 Å². The van der Waals surface area contributed by atoms with E-state index in [1.165, 1.54) is 13.8 Å². The summed E-state index contributed by atoms with van der Waals surface area (Å²) in [7, 11) is 0. The highest BCUT2D eigenvalue weighted by molar-refractivity contribution is 5.83. The summed E-state index contributed by atoms with van der Waals surface area (Å²) in [6.07, 6.45) is 1.50. The number of ether oxygens (including phenoxy) is 2. The van der Waals surface area contributed by atoms with E-state index in [4.69, 9.17) is 9.47 Å². The van der Waals surface area contributed by atoms with Crippen molar-refractivity contribution in [3.8, 4) is 0 Å². The topological polar surface area (TPSA) is 116 Å². The molecule has 24 heavy (non-hydrogen) atoms. The number of nitrogens with zero attached hydrogens (tertiary/aromatic N) is 1. The third-order valence-corrected chi connectivity index (χ3v) is 5.91. The molecule has 0 aromatic rings. The van der Waals surface area contributed by atoms with E-state index >= 15 is 0 Å². The maximum Gasteiger partial charge on any atom is 0.341 e. The quantitative estimate of drug-likeness (QED) is 0.267. The molecule has 0 aromatic heterocycles. The van der Waals surface area contributed by atoms with E-state index in [0.717, 1.165) is 6.92 Å². The van der Waals surface area contributed by atoms with E-state index in [2.05, 4.69) is 0 Å². The Morgan fingerprint density at radius 3 is 2.67 bits per heavy atom. The van der Waals surface area contributed by atoms with Gasteiger partial charge in [-0.1, -0.05) is 0 Å². The second-order valence-corrected chi connectivity index (χ2v) is 7.36. The molecular formula is C16H23NO7. The molecule has 0 spiro atoms. The van der Waals surface area contributed by atoms with Gasteiger partial charge in [0.25, 0.3) is 0 Å². The first-order valence-electron chi connectivity index (χ1n) is 8.10. The summed E-state index contributed by atoms with van der Waals surface area (Å²) in [6, 6.07) is -0.595. The smallest absolute Gasteiger partial charge is 0.341 e. The zero-order chi connectivity index (χ0) is 17.9. The van der Waals surface area contributed by atoms with Gasteiger partial charge in [0.15, 0.2) is 17.7 Å². The van der Waals surface area contributed by atoms with Gasteiger partial charge in [-0.3, -0.25) is 4.79 Å². The Kier molecular flexibility index (Phi) is 3.80. The summed E-state index contributed by atoms with van der Waals surface area (Å²) in [5.74, 6) is -2.97. The molecule has 8 nitrogen and oxygen atoms in total. The highest BCUT2D eigenvalue weighted by Crippen LogP contribution is 2.40. The minimum absolute atomic E-state index is 0.166. The van der Waals surface area contributed by atoms with Crippen LogP contribution in [0.1, 0.15) is 27.2 Å². The fourth-order valence-electron chi connectivity index (χ4n) is 3.75. The summed E-state index contributed by atoms with van der Waals surface area (Å²) in [4.78, 5) is 24.7. The summed E-state index contributed by atoms with van der Waals surface area (Å²) in [5, 5.41) is 33.9. The summed E-state index contributed by atoms with van der Waals surface area (Å²) < 4.78 is 10.1. The van der Waals surface area contributed by atoms with E-state index in [9.17, 15) is 25.0 Å². The normalized spacial score (nSPS) is 48.9. The predicted octanol–water partition coefficient (Wildman–Crippen LogP) is -0.380. The molecule has 3 aliphatic heterocycles. The lowest BCUT2D eigenvalue weighted by Crippen LogP contribution is -2.61. The van der Waals surface area contributed by atoms with Crippen molar-refractivity contribution in [3.63, 3.8) is 0 Å². The Hall–Kier alpha value is -1.48. The maximum absolute atomic E-state index is 12.8. The second-order valence-electron chi connectivity index (χ2n) is 7.36. The highest BCUT2D eigenvalue weighted by atomic mass is 16.6. The van der Waals surface area contributed by atoms with Gasteiger partial charge in [-0.25, -0.2) is 4.79 Å². The minimum atomic E-state index is -2.30. The van der Waals surface area contributed by atoms with E-state index < -0.39 is 45.9 Å². The van der Waals surface area contributed by atoms with Crippen molar-refractivity contribution in [1.29, 1.82) is 0 Å². The molecule has 134 valence electrons. The third kappa shape index (κ3) is 2.28. The molecule has 3 aliphatic rings. The van der Waals surface area contributed by atoms with Crippen molar-refractivity contribution >= 4 is 11.9 Å². The molecule has 3 rings (SSSR count). The van der Waals surface area contributed by atoms with Crippen molar-refractivity contribution < 1.29 is 33.9 Å². The SMILES string of the molecule is C[C@H]1C(=O)O[C@H]2CC[N+]3([O-])CC=C(COC(=O)[C@@](C)(O)[C@@]1(C)O)[C@H]23. The Morgan fingerprint density at radius 2 is 2.00 bits per heavy atom. The molecule has 2 N–H and O–H groups in total. The standard InChI is InChI=1S/C16H23NO7/c1-9-13(18)24-11-5-7-17(22)6-4-10(12(11)17)8-23-14(19)16(3,21)15(9,2)20/h4,9,11-12,20-21H,5-8H2,1-3H3/t9-,11-,12+,15-,16+,17?/m0/s1. The average Bonchev–Trinajstić information content (AvgIpc) is 2.99. The van der Waals surface area contributed by atoms with Crippen molar-refractivity contribution in [2.75, 3.05) is 19.7 Å². The molecule has 0 aromatic carbocycles. The molecule has 0 amide bonds. The zero-order valence-corrected chi connectivity index (χ0v) is 14.0. The fourth-order valence-corrected chi connectivity index (χ4v) is 3.75. The maximum atomic E-state index is 12.8. The zero-order valence-electron chi connectivity index (χ0n) is 14.0. The molecule has 3 heterocycles. The van der Waals surface area contributed by atoms with Gasteiger partial charge in [0, 0.05) is 12.0 Å². The molecule has 0 saturated carbocycles. The van der Waals surface area contributed by atoms with Crippen LogP contribution in [-0.4, -0.2) is 69.8 Å². The van der Waals surface area contributed by atoms with Crippen LogP contribution in [0.4, 0.5) is 0 Å². The van der Waals surface area contributed by atoms with Crippen molar-refractivity contribution in [3.05, 3.63) is 16.9 Å². The number of hydrogen-bond acceptors (Lipinski definition) is 7. The summed E-state index contributed by atoms with van der Waals surface area (Å²) in [5.41, 5.74) is -3.79. The number of hydroxylamine groups is 3. The second kappa shape index (κ2) is 5.26. The van der Waals surface area contributed by atoms with Gasteiger partial charge >= 0.3 is 11.9 Å². The number of aliphatic hydroxyl groups is 2. The highest BCUT2D eigenvalue weighted by Gasteiger charge is 2.57. The van der Waals surface area contributed by atoms with Gasteiger partial charge in [-0.2, -0.15) is 0 Å². The number of rotatable bonds is 0. The van der Waals surface area contributed by atoms with Crippen LogP contribution in [0.15, 0.2) is 11.6 Å². The third-order valence-electron chi connectivity index (χ3n) is 5.91. The van der Waals surface area contributed by atoms with Crippen LogP contribution in [-0.2, 0) is 19.1 Å². The molecule has 2 saturated heterocycles. The summed E-state index contributed by atoms with van der Waals surface area (Å²) in [6.45, 7) is 4.08. The van der Waals surface area contributed by atoms with Gasteiger partial charge < -0.3 is 29.5 Å². The lowest BCUT2D eigenvalue weighted by Gasteiger charge is -2.40. The van der Waals surface area contributed by atoms with Crippen molar-refractivity contribution in [1.82, 2.24) is 0 Å². The van der Waals surface area contributed by atoms with E-state index in [1.54, 1.807) is 6.08 Å². The Morgan fingerprint density at radius 1 is 1.33 bits per heavy atom. The van der Waals surface area contributed by atoms with Crippen LogP contribution in [0, 0.1) is 11.1 Å². The molecule has 6 atom stereocenters. The first-order chi connectivity index (χ1) is 11.0. The number of carbonyl (C=O) groups excluding carboxylic acids is 2. The minimum Gasteiger partial charge on any atom is -0.632 e. The first kappa shape index (κ1) is 17.3. The largest absolute Gasteiger partial charge is 0.632 e. The number of esters is 2. The number of carbonyl (C=O) groups is 2. The van der Waals surface area contributed by atoms with Crippen LogP contribution in [0.2, 0.25) is 0 Å². The molecule has 0 bridgehead atoms. The van der Waals surface area contributed by atoms with Crippen molar-refractivity contribution in [2.45, 2.75) is 50.5 Å². The van der Waals surface area contributed by atoms with Gasteiger partial charge in [-0.05, 0) is 26.8 Å². The average molecular weight is 341 g/mol. The molecule has 0 radical (unpaired) electrons. The lowest BCUT2D eigenvalue weighted by atomic mass is 9.76. The number of quaternary nitrogens is 1. The predicted molar refractivity (Wildman–Crippen MR) is 81.1 cm³/mol. The molecule has 8 heteroatoms. The molecule has 1 unspecified atom stereocenters. The van der Waals surface area contributed by atoms with Crippen LogP contribution in [0.3, 0.4) is 0 Å².